The summed E-state index contributed by atoms with van der Waals surface area (Å²) in [4.78, 5) is 0. The second-order valence-electron chi connectivity index (χ2n) is 6.05. The SMILES string of the molecule is CC(C)NCc1cc(F)c(OCC2(CC#N)CC2)c(F)c1. The van der Waals surface area contributed by atoms with Crippen molar-refractivity contribution in [3.05, 3.63) is 29.3 Å². The van der Waals surface area contributed by atoms with Gasteiger partial charge in [0, 0.05) is 24.4 Å². The number of nitrogens with zero attached hydrogens (tertiary/aromatic N) is 1. The van der Waals surface area contributed by atoms with E-state index >= 15 is 0 Å². The van der Waals surface area contributed by atoms with Crippen LogP contribution in [0.1, 0.15) is 38.7 Å². The largest absolute Gasteiger partial charge is 0.487 e. The fraction of sp³-hybridized carbons (Fsp3) is 0.562. The minimum absolute atomic E-state index is 0.192. The molecule has 0 atom stereocenters. The lowest BCUT2D eigenvalue weighted by molar-refractivity contribution is 0.218. The van der Waals surface area contributed by atoms with Gasteiger partial charge in [-0.1, -0.05) is 13.8 Å². The summed E-state index contributed by atoms with van der Waals surface area (Å²) in [5, 5.41) is 11.8. The van der Waals surface area contributed by atoms with Gasteiger partial charge in [0.05, 0.1) is 12.7 Å². The summed E-state index contributed by atoms with van der Waals surface area (Å²) >= 11 is 0. The molecule has 0 aromatic heterocycles. The Kier molecular flexibility index (Phi) is 4.79. The molecular formula is C16H20F2N2O. The molecule has 0 spiro atoms. The third-order valence-corrected chi connectivity index (χ3v) is 3.71. The van der Waals surface area contributed by atoms with Crippen LogP contribution < -0.4 is 10.1 Å². The van der Waals surface area contributed by atoms with Gasteiger partial charge in [0.1, 0.15) is 0 Å². The Morgan fingerprint density at radius 3 is 2.43 bits per heavy atom. The van der Waals surface area contributed by atoms with Crippen LogP contribution in [-0.4, -0.2) is 12.6 Å². The summed E-state index contributed by atoms with van der Waals surface area (Å²) in [7, 11) is 0. The zero-order chi connectivity index (χ0) is 15.5. The van der Waals surface area contributed by atoms with E-state index in [4.69, 9.17) is 10.00 Å². The molecule has 2 rings (SSSR count). The number of benzene rings is 1. The molecule has 0 amide bonds. The molecule has 114 valence electrons. The minimum atomic E-state index is -0.691. The van der Waals surface area contributed by atoms with E-state index in [1.54, 1.807) is 0 Å². The monoisotopic (exact) mass is 294 g/mol. The Hall–Kier alpha value is -1.67. The Morgan fingerprint density at radius 2 is 1.95 bits per heavy atom. The maximum absolute atomic E-state index is 14.0. The Morgan fingerprint density at radius 1 is 1.33 bits per heavy atom. The molecule has 1 aliphatic carbocycles. The van der Waals surface area contributed by atoms with E-state index < -0.39 is 11.6 Å². The molecule has 5 heteroatoms. The highest BCUT2D eigenvalue weighted by molar-refractivity contribution is 5.31. The second kappa shape index (κ2) is 6.40. The lowest BCUT2D eigenvalue weighted by Gasteiger charge is -2.15. The first kappa shape index (κ1) is 15.7. The van der Waals surface area contributed by atoms with Crippen LogP contribution in [0.25, 0.3) is 0 Å². The third kappa shape index (κ3) is 4.15. The van der Waals surface area contributed by atoms with Gasteiger partial charge in [-0.15, -0.1) is 0 Å². The van der Waals surface area contributed by atoms with E-state index in [0.717, 1.165) is 12.8 Å². The van der Waals surface area contributed by atoms with Gasteiger partial charge in [0.2, 0.25) is 0 Å². The first-order valence-electron chi connectivity index (χ1n) is 7.17. The summed E-state index contributed by atoms with van der Waals surface area (Å²) in [5.74, 6) is -1.72. The van der Waals surface area contributed by atoms with Crippen molar-refractivity contribution in [2.24, 2.45) is 5.41 Å². The first-order chi connectivity index (χ1) is 9.96. The van der Waals surface area contributed by atoms with E-state index in [9.17, 15) is 8.78 Å². The average molecular weight is 294 g/mol. The van der Waals surface area contributed by atoms with Gasteiger partial charge < -0.3 is 10.1 Å². The molecule has 1 aromatic carbocycles. The fourth-order valence-electron chi connectivity index (χ4n) is 2.12. The zero-order valence-electron chi connectivity index (χ0n) is 12.4. The predicted octanol–water partition coefficient (Wildman–Crippen LogP) is 3.54. The molecule has 1 fully saturated rings. The number of nitriles is 1. The summed E-state index contributed by atoms with van der Waals surface area (Å²) in [6, 6.07) is 4.92. The van der Waals surface area contributed by atoms with Crippen molar-refractivity contribution >= 4 is 0 Å². The molecule has 0 unspecified atom stereocenters. The highest BCUT2D eigenvalue weighted by Crippen LogP contribution is 2.48. The van der Waals surface area contributed by atoms with Crippen molar-refractivity contribution in [1.29, 1.82) is 5.26 Å². The summed E-state index contributed by atoms with van der Waals surface area (Å²) in [6.07, 6.45) is 2.12. The van der Waals surface area contributed by atoms with Crippen LogP contribution in [0.5, 0.6) is 5.75 Å². The van der Waals surface area contributed by atoms with Crippen molar-refractivity contribution in [3.8, 4) is 11.8 Å². The lowest BCUT2D eigenvalue weighted by atomic mass is 10.1. The van der Waals surface area contributed by atoms with Crippen LogP contribution in [-0.2, 0) is 6.54 Å². The summed E-state index contributed by atoms with van der Waals surface area (Å²) in [5.41, 5.74) is 0.343. The average Bonchev–Trinajstić information content (AvgIpc) is 3.16. The quantitative estimate of drug-likeness (QED) is 0.836. The van der Waals surface area contributed by atoms with E-state index in [0.29, 0.717) is 18.5 Å². The molecule has 1 saturated carbocycles. The molecule has 3 nitrogen and oxygen atoms in total. The molecule has 0 heterocycles. The van der Waals surface area contributed by atoms with Gasteiger partial charge in [-0.25, -0.2) is 8.78 Å². The van der Waals surface area contributed by atoms with Gasteiger partial charge >= 0.3 is 0 Å². The van der Waals surface area contributed by atoms with Gasteiger partial charge in [-0.3, -0.25) is 0 Å². The maximum Gasteiger partial charge on any atom is 0.190 e. The van der Waals surface area contributed by atoms with Gasteiger partial charge in [0.15, 0.2) is 17.4 Å². The molecular weight excluding hydrogens is 274 g/mol. The third-order valence-electron chi connectivity index (χ3n) is 3.71. The molecule has 0 radical (unpaired) electrons. The smallest absolute Gasteiger partial charge is 0.190 e. The van der Waals surface area contributed by atoms with Crippen molar-refractivity contribution in [3.63, 3.8) is 0 Å². The van der Waals surface area contributed by atoms with Crippen LogP contribution in [0.15, 0.2) is 12.1 Å². The summed E-state index contributed by atoms with van der Waals surface area (Å²) in [6.45, 7) is 4.53. The minimum Gasteiger partial charge on any atom is -0.487 e. The van der Waals surface area contributed by atoms with E-state index in [2.05, 4.69) is 11.4 Å². The molecule has 0 bridgehead atoms. The number of hydrogen-bond donors (Lipinski definition) is 1. The van der Waals surface area contributed by atoms with Crippen LogP contribution >= 0.6 is 0 Å². The van der Waals surface area contributed by atoms with Crippen molar-refractivity contribution < 1.29 is 13.5 Å². The second-order valence-corrected chi connectivity index (χ2v) is 6.05. The molecule has 1 aliphatic rings. The Balaban J connectivity index is 2.02. The van der Waals surface area contributed by atoms with Crippen LogP contribution in [0.3, 0.4) is 0 Å². The van der Waals surface area contributed by atoms with Gasteiger partial charge in [-0.2, -0.15) is 5.26 Å². The summed E-state index contributed by atoms with van der Waals surface area (Å²) < 4.78 is 33.2. The standard InChI is InChI=1S/C16H20F2N2O/c1-11(2)20-9-12-7-13(17)15(14(18)8-12)21-10-16(3-4-16)5-6-19/h7-8,11,20H,3-5,9-10H2,1-2H3. The van der Waals surface area contributed by atoms with Crippen molar-refractivity contribution in [2.45, 2.75) is 45.7 Å². The number of nitrogens with one attached hydrogen (secondary N) is 1. The predicted molar refractivity (Wildman–Crippen MR) is 75.7 cm³/mol. The van der Waals surface area contributed by atoms with Crippen molar-refractivity contribution in [2.75, 3.05) is 6.61 Å². The Labute approximate surface area is 123 Å². The highest BCUT2D eigenvalue weighted by Gasteiger charge is 2.43. The molecule has 21 heavy (non-hydrogen) atoms. The van der Waals surface area contributed by atoms with Crippen LogP contribution in [0, 0.1) is 28.4 Å². The van der Waals surface area contributed by atoms with Crippen LogP contribution in [0.2, 0.25) is 0 Å². The highest BCUT2D eigenvalue weighted by atomic mass is 19.1. The number of hydrogen-bond acceptors (Lipinski definition) is 3. The van der Waals surface area contributed by atoms with Crippen molar-refractivity contribution in [1.82, 2.24) is 5.32 Å². The van der Waals surface area contributed by atoms with E-state index in [1.807, 2.05) is 13.8 Å². The molecule has 0 saturated heterocycles. The number of ether oxygens (including phenoxy) is 1. The topological polar surface area (TPSA) is 45.0 Å². The van der Waals surface area contributed by atoms with Gasteiger partial charge in [0.25, 0.3) is 0 Å². The number of rotatable bonds is 7. The lowest BCUT2D eigenvalue weighted by Crippen LogP contribution is -2.22. The molecule has 1 aromatic rings. The maximum atomic E-state index is 14.0. The van der Waals surface area contributed by atoms with E-state index in [-0.39, 0.29) is 23.8 Å². The van der Waals surface area contributed by atoms with E-state index in [1.165, 1.54) is 12.1 Å². The zero-order valence-corrected chi connectivity index (χ0v) is 12.4. The molecule has 0 aliphatic heterocycles. The molecule has 1 N–H and O–H groups in total. The first-order valence-corrected chi connectivity index (χ1v) is 7.17. The number of halogens is 2. The fourth-order valence-corrected chi connectivity index (χ4v) is 2.12. The van der Waals surface area contributed by atoms with Crippen LogP contribution in [0.4, 0.5) is 8.78 Å². The van der Waals surface area contributed by atoms with Gasteiger partial charge in [-0.05, 0) is 30.5 Å². The Bertz CT molecular complexity index is 525. The normalized spacial score (nSPS) is 15.8.